The van der Waals surface area contributed by atoms with E-state index in [0.29, 0.717) is 12.3 Å². The number of rotatable bonds is 2. The fraction of sp³-hybridized carbons (Fsp3) is 0.222. The van der Waals surface area contributed by atoms with Crippen molar-refractivity contribution in [1.82, 2.24) is 0 Å². The molecule has 1 aromatic rings. The zero-order valence-corrected chi connectivity index (χ0v) is 7.43. The standard InChI is InChI=1S/C9H12N2O2/c1-2-13-9(12)11(10)8-6-4-3-5-7-8/h3-7H,2,10H2,1H3. The van der Waals surface area contributed by atoms with Gasteiger partial charge in [0.25, 0.3) is 0 Å². The monoisotopic (exact) mass is 180 g/mol. The third-order valence-corrected chi connectivity index (χ3v) is 1.50. The summed E-state index contributed by atoms with van der Waals surface area (Å²) in [6.07, 6.45) is -0.547. The molecular formula is C9H12N2O2. The summed E-state index contributed by atoms with van der Waals surface area (Å²) in [5.74, 6) is 5.48. The van der Waals surface area contributed by atoms with Crippen LogP contribution in [0.25, 0.3) is 0 Å². The summed E-state index contributed by atoms with van der Waals surface area (Å²) in [6.45, 7) is 2.05. The zero-order valence-electron chi connectivity index (χ0n) is 7.43. The maximum absolute atomic E-state index is 11.1. The number of hydrogen-bond donors (Lipinski definition) is 1. The number of amides is 1. The third-order valence-electron chi connectivity index (χ3n) is 1.50. The van der Waals surface area contributed by atoms with Gasteiger partial charge in [0.1, 0.15) is 0 Å². The van der Waals surface area contributed by atoms with Crippen LogP contribution >= 0.6 is 0 Å². The van der Waals surface area contributed by atoms with Crippen LogP contribution in [0.2, 0.25) is 0 Å². The predicted octanol–water partition coefficient (Wildman–Crippen LogP) is 1.52. The smallest absolute Gasteiger partial charge is 0.428 e. The maximum Gasteiger partial charge on any atom is 0.428 e. The number of carbonyl (C=O) groups is 1. The molecule has 0 aromatic heterocycles. The molecule has 1 rings (SSSR count). The van der Waals surface area contributed by atoms with Gasteiger partial charge in [0.2, 0.25) is 0 Å². The molecule has 0 heterocycles. The number of ether oxygens (including phenoxy) is 1. The first kappa shape index (κ1) is 9.54. The second kappa shape index (κ2) is 4.47. The number of nitrogens with zero attached hydrogens (tertiary/aromatic N) is 1. The van der Waals surface area contributed by atoms with Crippen molar-refractivity contribution in [3.05, 3.63) is 30.3 Å². The van der Waals surface area contributed by atoms with E-state index in [4.69, 9.17) is 10.6 Å². The summed E-state index contributed by atoms with van der Waals surface area (Å²) in [4.78, 5) is 11.1. The molecule has 0 fully saturated rings. The van der Waals surface area contributed by atoms with E-state index in [1.165, 1.54) is 0 Å². The molecular weight excluding hydrogens is 168 g/mol. The van der Waals surface area contributed by atoms with Crippen LogP contribution in [0.4, 0.5) is 10.5 Å². The average molecular weight is 180 g/mol. The van der Waals surface area contributed by atoms with E-state index in [0.717, 1.165) is 5.01 Å². The molecule has 0 radical (unpaired) electrons. The van der Waals surface area contributed by atoms with E-state index in [-0.39, 0.29) is 0 Å². The van der Waals surface area contributed by atoms with E-state index in [1.54, 1.807) is 31.2 Å². The van der Waals surface area contributed by atoms with Crippen LogP contribution in [0, 0.1) is 0 Å². The van der Waals surface area contributed by atoms with Crippen LogP contribution in [-0.2, 0) is 4.74 Å². The van der Waals surface area contributed by atoms with Gasteiger partial charge in [-0.15, -0.1) is 0 Å². The lowest BCUT2D eigenvalue weighted by molar-refractivity contribution is 0.160. The molecule has 0 aliphatic carbocycles. The van der Waals surface area contributed by atoms with Crippen LogP contribution in [0.15, 0.2) is 30.3 Å². The number of anilines is 1. The lowest BCUT2D eigenvalue weighted by atomic mass is 10.3. The second-order valence-corrected chi connectivity index (χ2v) is 2.40. The van der Waals surface area contributed by atoms with Gasteiger partial charge in [0.05, 0.1) is 12.3 Å². The molecule has 0 spiro atoms. The highest BCUT2D eigenvalue weighted by Gasteiger charge is 2.10. The van der Waals surface area contributed by atoms with Crippen molar-refractivity contribution in [3.8, 4) is 0 Å². The second-order valence-electron chi connectivity index (χ2n) is 2.40. The molecule has 13 heavy (non-hydrogen) atoms. The Balaban J connectivity index is 2.68. The Morgan fingerprint density at radius 1 is 1.46 bits per heavy atom. The first-order valence-electron chi connectivity index (χ1n) is 4.02. The summed E-state index contributed by atoms with van der Waals surface area (Å²) < 4.78 is 4.72. The molecule has 0 saturated heterocycles. The largest absolute Gasteiger partial charge is 0.449 e. The fourth-order valence-electron chi connectivity index (χ4n) is 0.887. The minimum Gasteiger partial charge on any atom is -0.449 e. The summed E-state index contributed by atoms with van der Waals surface area (Å²) in [5, 5.41) is 0.976. The van der Waals surface area contributed by atoms with Crippen molar-refractivity contribution in [3.63, 3.8) is 0 Å². The minimum absolute atomic E-state index is 0.319. The topological polar surface area (TPSA) is 55.6 Å². The predicted molar refractivity (Wildman–Crippen MR) is 50.1 cm³/mol. The van der Waals surface area contributed by atoms with Gasteiger partial charge in [-0.2, -0.15) is 0 Å². The van der Waals surface area contributed by atoms with Crippen LogP contribution in [0.3, 0.4) is 0 Å². The Morgan fingerprint density at radius 3 is 2.62 bits per heavy atom. The molecule has 4 heteroatoms. The summed E-state index contributed by atoms with van der Waals surface area (Å²) in [5.41, 5.74) is 0.612. The van der Waals surface area contributed by atoms with Crippen molar-refractivity contribution >= 4 is 11.8 Å². The summed E-state index contributed by atoms with van der Waals surface area (Å²) >= 11 is 0. The Bertz CT molecular complexity index is 274. The number of nitrogens with two attached hydrogens (primary N) is 1. The Kier molecular flexibility index (Phi) is 3.28. The highest BCUT2D eigenvalue weighted by atomic mass is 16.6. The SMILES string of the molecule is CCOC(=O)N(N)c1ccccc1. The number of benzene rings is 1. The highest BCUT2D eigenvalue weighted by molar-refractivity contribution is 5.86. The lowest BCUT2D eigenvalue weighted by Gasteiger charge is -2.15. The molecule has 1 amide bonds. The van der Waals surface area contributed by atoms with Crippen LogP contribution in [0.5, 0.6) is 0 Å². The van der Waals surface area contributed by atoms with Crippen molar-refractivity contribution in [2.24, 2.45) is 5.84 Å². The van der Waals surface area contributed by atoms with Gasteiger partial charge in [-0.3, -0.25) is 0 Å². The zero-order chi connectivity index (χ0) is 9.68. The maximum atomic E-state index is 11.1. The summed E-state index contributed by atoms with van der Waals surface area (Å²) in [7, 11) is 0. The van der Waals surface area contributed by atoms with Crippen LogP contribution in [-0.4, -0.2) is 12.7 Å². The molecule has 0 aliphatic rings. The van der Waals surface area contributed by atoms with Crippen molar-refractivity contribution < 1.29 is 9.53 Å². The van der Waals surface area contributed by atoms with E-state index >= 15 is 0 Å². The van der Waals surface area contributed by atoms with Crippen molar-refractivity contribution in [2.75, 3.05) is 11.6 Å². The third kappa shape index (κ3) is 2.45. The number of hydrazine groups is 1. The normalized spacial score (nSPS) is 9.38. The molecule has 1 aromatic carbocycles. The molecule has 70 valence electrons. The molecule has 0 atom stereocenters. The summed E-state index contributed by atoms with van der Waals surface area (Å²) in [6, 6.07) is 8.92. The van der Waals surface area contributed by atoms with Gasteiger partial charge in [0.15, 0.2) is 0 Å². The van der Waals surface area contributed by atoms with E-state index in [2.05, 4.69) is 0 Å². The molecule has 0 bridgehead atoms. The van der Waals surface area contributed by atoms with Gasteiger partial charge in [-0.25, -0.2) is 15.6 Å². The lowest BCUT2D eigenvalue weighted by Crippen LogP contribution is -2.37. The average Bonchev–Trinajstić information content (AvgIpc) is 2.18. The Hall–Kier alpha value is -1.55. The van der Waals surface area contributed by atoms with Crippen molar-refractivity contribution in [2.45, 2.75) is 6.92 Å². The first-order chi connectivity index (χ1) is 6.25. The Morgan fingerprint density at radius 2 is 2.08 bits per heavy atom. The Labute approximate surface area is 76.9 Å². The minimum atomic E-state index is -0.547. The van der Waals surface area contributed by atoms with Gasteiger partial charge in [-0.05, 0) is 19.1 Å². The number of hydrogen-bond acceptors (Lipinski definition) is 3. The number of carbonyl (C=O) groups excluding carboxylic acids is 1. The first-order valence-corrected chi connectivity index (χ1v) is 4.02. The molecule has 0 unspecified atom stereocenters. The van der Waals surface area contributed by atoms with Crippen LogP contribution < -0.4 is 10.9 Å². The molecule has 0 saturated carbocycles. The van der Waals surface area contributed by atoms with Gasteiger partial charge in [-0.1, -0.05) is 18.2 Å². The van der Waals surface area contributed by atoms with Crippen molar-refractivity contribution in [1.29, 1.82) is 0 Å². The van der Waals surface area contributed by atoms with Gasteiger partial charge < -0.3 is 4.74 Å². The molecule has 4 nitrogen and oxygen atoms in total. The fourth-order valence-corrected chi connectivity index (χ4v) is 0.887. The molecule has 0 aliphatic heterocycles. The number of para-hydroxylation sites is 1. The van der Waals surface area contributed by atoms with E-state index in [1.807, 2.05) is 6.07 Å². The van der Waals surface area contributed by atoms with E-state index < -0.39 is 6.09 Å². The van der Waals surface area contributed by atoms with Gasteiger partial charge >= 0.3 is 6.09 Å². The highest BCUT2D eigenvalue weighted by Crippen LogP contribution is 2.09. The van der Waals surface area contributed by atoms with Gasteiger partial charge in [0, 0.05) is 0 Å². The quantitative estimate of drug-likeness (QED) is 0.426. The van der Waals surface area contributed by atoms with Crippen LogP contribution in [0.1, 0.15) is 6.92 Å². The molecule has 2 N–H and O–H groups in total. The van der Waals surface area contributed by atoms with E-state index in [9.17, 15) is 4.79 Å².